The van der Waals surface area contributed by atoms with Crippen LogP contribution in [0.15, 0.2) is 66.0 Å². The maximum Gasteiger partial charge on any atom is 0.239 e. The molecule has 3 heterocycles. The molecule has 2 aromatic heterocycles. The van der Waals surface area contributed by atoms with Crippen molar-refractivity contribution >= 4 is 20.9 Å². The number of nitriles is 1. The highest BCUT2D eigenvalue weighted by Gasteiger charge is 2.46. The minimum absolute atomic E-state index is 0.199. The lowest BCUT2D eigenvalue weighted by molar-refractivity contribution is 0.293. The molecule has 2 unspecified atom stereocenters. The van der Waals surface area contributed by atoms with E-state index in [9.17, 15) is 13.7 Å². The Kier molecular flexibility index (Phi) is 5.26. The maximum absolute atomic E-state index is 13.5. The summed E-state index contributed by atoms with van der Waals surface area (Å²) in [6, 6.07) is 10.6. The Morgan fingerprint density at radius 1 is 1.27 bits per heavy atom. The molecule has 33 heavy (non-hydrogen) atoms. The van der Waals surface area contributed by atoms with E-state index in [-0.39, 0.29) is 18.3 Å². The van der Waals surface area contributed by atoms with Gasteiger partial charge in [-0.2, -0.15) is 14.7 Å². The van der Waals surface area contributed by atoms with Gasteiger partial charge >= 0.3 is 0 Å². The van der Waals surface area contributed by atoms with E-state index in [2.05, 4.69) is 51.3 Å². The number of rotatable bonds is 5. The monoisotopic (exact) mass is 461 g/mol. The Morgan fingerprint density at radius 3 is 2.88 bits per heavy atom. The van der Waals surface area contributed by atoms with E-state index in [1.165, 1.54) is 0 Å². The topological polar surface area (TPSA) is 94.8 Å². The first-order chi connectivity index (χ1) is 15.8. The molecule has 1 aliphatic heterocycles. The molecule has 1 fully saturated rings. The van der Waals surface area contributed by atoms with Crippen LogP contribution in [-0.2, 0) is 16.6 Å². The van der Waals surface area contributed by atoms with Gasteiger partial charge in [0, 0.05) is 53.9 Å². The third-order valence-electron chi connectivity index (χ3n) is 6.78. The molecule has 7 nitrogen and oxygen atoms in total. The molecule has 170 valence electrons. The SMILES string of the molecule is CC1(C)CC(Cn2ccc3cc(-c4cn[nH]c4)ccc32)CN1S(=O)(=O)C1=CC=CC(C#N)C1. The van der Waals surface area contributed by atoms with E-state index in [4.69, 9.17) is 0 Å². The summed E-state index contributed by atoms with van der Waals surface area (Å²) >= 11 is 0. The van der Waals surface area contributed by atoms with Gasteiger partial charge < -0.3 is 4.57 Å². The fraction of sp³-hybridized carbons (Fsp3) is 0.360. The molecule has 8 heteroatoms. The predicted octanol–water partition coefficient (Wildman–Crippen LogP) is 4.45. The van der Waals surface area contributed by atoms with Gasteiger partial charge in [0.05, 0.1) is 23.1 Å². The van der Waals surface area contributed by atoms with Gasteiger partial charge in [0.25, 0.3) is 0 Å². The molecule has 0 saturated carbocycles. The van der Waals surface area contributed by atoms with Crippen LogP contribution in [0.3, 0.4) is 0 Å². The maximum atomic E-state index is 13.5. The highest BCUT2D eigenvalue weighted by atomic mass is 32.2. The van der Waals surface area contributed by atoms with Crippen molar-refractivity contribution in [2.75, 3.05) is 6.54 Å². The number of aromatic amines is 1. The summed E-state index contributed by atoms with van der Waals surface area (Å²) in [7, 11) is -3.62. The number of H-pyrrole nitrogens is 1. The number of benzene rings is 1. The second-order valence-corrected chi connectivity index (χ2v) is 11.5. The zero-order valence-corrected chi connectivity index (χ0v) is 19.6. The van der Waals surface area contributed by atoms with Crippen LogP contribution in [0.5, 0.6) is 0 Å². The van der Waals surface area contributed by atoms with Crippen molar-refractivity contribution in [2.24, 2.45) is 11.8 Å². The minimum Gasteiger partial charge on any atom is -0.347 e. The molecule has 0 spiro atoms. The number of sulfonamides is 1. The number of aromatic nitrogens is 3. The summed E-state index contributed by atoms with van der Waals surface area (Å²) in [5.41, 5.74) is 2.82. The Morgan fingerprint density at radius 2 is 2.12 bits per heavy atom. The molecule has 1 N–H and O–H groups in total. The number of allylic oxidation sites excluding steroid dienone is 4. The second-order valence-electron chi connectivity index (χ2n) is 9.60. The first-order valence-electron chi connectivity index (χ1n) is 11.2. The van der Waals surface area contributed by atoms with Gasteiger partial charge in [-0.3, -0.25) is 5.10 Å². The molecule has 0 bridgehead atoms. The number of nitrogens with one attached hydrogen (secondary N) is 1. The largest absolute Gasteiger partial charge is 0.347 e. The quantitative estimate of drug-likeness (QED) is 0.607. The highest BCUT2D eigenvalue weighted by molar-refractivity contribution is 7.93. The molecule has 0 amide bonds. The van der Waals surface area contributed by atoms with E-state index >= 15 is 0 Å². The summed E-state index contributed by atoms with van der Waals surface area (Å²) in [4.78, 5) is 0.337. The lowest BCUT2D eigenvalue weighted by Crippen LogP contribution is -2.43. The van der Waals surface area contributed by atoms with E-state index in [1.54, 1.807) is 22.5 Å². The smallest absolute Gasteiger partial charge is 0.239 e. The first-order valence-corrected chi connectivity index (χ1v) is 12.6. The number of nitrogens with zero attached hydrogens (tertiary/aromatic N) is 4. The van der Waals surface area contributed by atoms with Gasteiger partial charge in [-0.25, -0.2) is 8.42 Å². The van der Waals surface area contributed by atoms with Crippen LogP contribution in [0.4, 0.5) is 0 Å². The minimum atomic E-state index is -3.62. The van der Waals surface area contributed by atoms with Crippen LogP contribution in [0.2, 0.25) is 0 Å². The number of hydrogen-bond acceptors (Lipinski definition) is 4. The zero-order chi connectivity index (χ0) is 23.2. The van der Waals surface area contributed by atoms with Gasteiger partial charge in [-0.1, -0.05) is 18.2 Å². The highest BCUT2D eigenvalue weighted by Crippen LogP contribution is 2.40. The molecule has 0 radical (unpaired) electrons. The van der Waals surface area contributed by atoms with Crippen LogP contribution in [0, 0.1) is 23.2 Å². The van der Waals surface area contributed by atoms with Gasteiger partial charge in [0.2, 0.25) is 10.0 Å². The fourth-order valence-corrected chi connectivity index (χ4v) is 7.25. The fourth-order valence-electron chi connectivity index (χ4n) is 5.20. The molecule has 1 saturated heterocycles. The van der Waals surface area contributed by atoms with Gasteiger partial charge in [0.15, 0.2) is 0 Å². The van der Waals surface area contributed by atoms with Crippen molar-refractivity contribution in [3.63, 3.8) is 0 Å². The average molecular weight is 462 g/mol. The van der Waals surface area contributed by atoms with E-state index in [0.717, 1.165) is 35.0 Å². The predicted molar refractivity (Wildman–Crippen MR) is 128 cm³/mol. The zero-order valence-electron chi connectivity index (χ0n) is 18.8. The lowest BCUT2D eigenvalue weighted by Gasteiger charge is -2.32. The Labute approximate surface area is 194 Å². The average Bonchev–Trinajstić information content (AvgIpc) is 3.53. The van der Waals surface area contributed by atoms with E-state index in [0.29, 0.717) is 11.4 Å². The van der Waals surface area contributed by atoms with Crippen LogP contribution in [0.1, 0.15) is 26.7 Å². The Hall–Kier alpha value is -3.15. The van der Waals surface area contributed by atoms with Crippen LogP contribution in [-0.4, -0.2) is 39.6 Å². The van der Waals surface area contributed by atoms with Crippen molar-refractivity contribution in [3.05, 3.63) is 66.0 Å². The molecular weight excluding hydrogens is 434 g/mol. The van der Waals surface area contributed by atoms with Gasteiger partial charge in [0.1, 0.15) is 0 Å². The van der Waals surface area contributed by atoms with Crippen molar-refractivity contribution < 1.29 is 8.42 Å². The Bertz CT molecular complexity index is 1390. The van der Waals surface area contributed by atoms with Crippen LogP contribution in [0.25, 0.3) is 22.0 Å². The number of fused-ring (bicyclic) bond motifs is 1. The van der Waals surface area contributed by atoms with Gasteiger partial charge in [-0.05, 0) is 56.0 Å². The Balaban J connectivity index is 1.37. The van der Waals surface area contributed by atoms with Gasteiger partial charge in [-0.15, -0.1) is 0 Å². The summed E-state index contributed by atoms with van der Waals surface area (Å²) < 4.78 is 30.8. The summed E-state index contributed by atoms with van der Waals surface area (Å²) in [6.45, 7) is 5.22. The van der Waals surface area contributed by atoms with Crippen LogP contribution >= 0.6 is 0 Å². The van der Waals surface area contributed by atoms with E-state index < -0.39 is 15.6 Å². The lowest BCUT2D eigenvalue weighted by atomic mass is 9.97. The van der Waals surface area contributed by atoms with Crippen molar-refractivity contribution in [1.82, 2.24) is 19.1 Å². The molecule has 3 aromatic rings. The van der Waals surface area contributed by atoms with Crippen LogP contribution < -0.4 is 0 Å². The third-order valence-corrected chi connectivity index (χ3v) is 8.97. The standard InChI is InChI=1S/C25H27N5O2S/c1-25(2)12-19(17-30(25)33(31,32)23-5-3-4-18(10-23)13-26)16-29-9-8-21-11-20(6-7-24(21)29)22-14-27-28-15-22/h3-9,11,14-15,18-19H,10,12,16-17H2,1-2H3,(H,27,28). The third kappa shape index (κ3) is 3.92. The normalized spacial score (nSPS) is 23.0. The first kappa shape index (κ1) is 21.7. The van der Waals surface area contributed by atoms with Crippen molar-refractivity contribution in [2.45, 2.75) is 38.8 Å². The number of hydrogen-bond donors (Lipinski definition) is 1. The van der Waals surface area contributed by atoms with Crippen molar-refractivity contribution in [3.8, 4) is 17.2 Å². The van der Waals surface area contributed by atoms with E-state index in [1.807, 2.05) is 26.2 Å². The molecule has 2 aliphatic rings. The molecule has 1 aliphatic carbocycles. The molecular formula is C25H27N5O2S. The summed E-state index contributed by atoms with van der Waals surface area (Å²) in [5.74, 6) is -0.190. The molecule has 1 aromatic carbocycles. The molecule has 5 rings (SSSR count). The van der Waals surface area contributed by atoms with Crippen molar-refractivity contribution in [1.29, 1.82) is 5.26 Å². The second kappa shape index (κ2) is 8.01. The summed E-state index contributed by atoms with van der Waals surface area (Å²) in [6.07, 6.45) is 11.9. The summed E-state index contributed by atoms with van der Waals surface area (Å²) in [5, 5.41) is 17.3. The molecule has 2 atom stereocenters.